The average Bonchev–Trinajstić information content (AvgIpc) is 3.30. The second-order valence-electron chi connectivity index (χ2n) is 18.0. The van der Waals surface area contributed by atoms with Crippen LogP contribution >= 0.6 is 0 Å². The van der Waals surface area contributed by atoms with E-state index < -0.39 is 55.4 Å². The monoisotopic (exact) mass is 917 g/mol. The van der Waals surface area contributed by atoms with Gasteiger partial charge in [0.25, 0.3) is 0 Å². The molecule has 10 nitrogen and oxygen atoms in total. The number of hydrogen-bond donors (Lipinski definition) is 4. The van der Waals surface area contributed by atoms with Crippen LogP contribution in [0.3, 0.4) is 0 Å². The molecule has 1 saturated heterocycles. The summed E-state index contributed by atoms with van der Waals surface area (Å²) in [5.41, 5.74) is 0. The van der Waals surface area contributed by atoms with Gasteiger partial charge in [-0.15, -0.1) is 0 Å². The first kappa shape index (κ1) is 60.4. The molecule has 0 spiro atoms. The number of ether oxygens (including phenoxy) is 4. The molecule has 0 aliphatic carbocycles. The summed E-state index contributed by atoms with van der Waals surface area (Å²) >= 11 is 0. The van der Waals surface area contributed by atoms with Crippen molar-refractivity contribution in [2.24, 2.45) is 0 Å². The minimum Gasteiger partial charge on any atom is -0.462 e. The van der Waals surface area contributed by atoms with Gasteiger partial charge in [0, 0.05) is 12.8 Å². The molecule has 0 amide bonds. The summed E-state index contributed by atoms with van der Waals surface area (Å²) in [7, 11) is 0. The van der Waals surface area contributed by atoms with Crippen molar-refractivity contribution < 1.29 is 49.0 Å². The Hall–Kier alpha value is -2.60. The van der Waals surface area contributed by atoms with Crippen molar-refractivity contribution in [3.05, 3.63) is 60.8 Å². The normalized spacial score (nSPS) is 19.8. The predicted octanol–water partition coefficient (Wildman–Crippen LogP) is 12.6. The molecule has 1 aliphatic heterocycles. The lowest BCUT2D eigenvalue weighted by Gasteiger charge is -2.39. The van der Waals surface area contributed by atoms with Crippen molar-refractivity contribution in [1.29, 1.82) is 0 Å². The van der Waals surface area contributed by atoms with Gasteiger partial charge in [-0.3, -0.25) is 9.59 Å². The SMILES string of the molecule is CCCCCCCC/C=C/C/C=C/C/C=C/CCCC(=O)O[C@@H](COC(=O)CCC/C=C/CC/C=C/CCCCCCCCCCCCCCCC)CO[C@H]1O[C@@H](CO)[C@@H](O)C(O)C1O. The molecule has 1 rings (SSSR count). The highest BCUT2D eigenvalue weighted by Gasteiger charge is 2.44. The van der Waals surface area contributed by atoms with Crippen LogP contribution in [0.2, 0.25) is 0 Å². The fraction of sp³-hybridized carbons (Fsp3) is 0.782. The molecular formula is C55H96O10. The maximum Gasteiger partial charge on any atom is 0.306 e. The van der Waals surface area contributed by atoms with Crippen LogP contribution in [0, 0.1) is 0 Å². The summed E-state index contributed by atoms with van der Waals surface area (Å²) in [5.74, 6) is -0.915. The summed E-state index contributed by atoms with van der Waals surface area (Å²) in [6.07, 6.45) is 49.7. The molecule has 0 radical (unpaired) electrons. The third kappa shape index (κ3) is 36.2. The molecule has 0 aromatic carbocycles. The van der Waals surface area contributed by atoms with E-state index in [9.17, 15) is 30.0 Å². The lowest BCUT2D eigenvalue weighted by Crippen LogP contribution is -2.59. The summed E-state index contributed by atoms with van der Waals surface area (Å²) < 4.78 is 22.1. The molecule has 1 heterocycles. The molecule has 2 unspecified atom stereocenters. The summed E-state index contributed by atoms with van der Waals surface area (Å²) in [4.78, 5) is 25.4. The molecule has 6 atom stereocenters. The first-order valence-corrected chi connectivity index (χ1v) is 26.4. The first-order chi connectivity index (χ1) is 31.8. The van der Waals surface area contributed by atoms with Gasteiger partial charge in [0.1, 0.15) is 31.0 Å². The van der Waals surface area contributed by atoms with Crippen molar-refractivity contribution in [1.82, 2.24) is 0 Å². The van der Waals surface area contributed by atoms with Gasteiger partial charge in [0.05, 0.1) is 13.2 Å². The molecule has 1 aliphatic rings. The van der Waals surface area contributed by atoms with Crippen LogP contribution in [0.25, 0.3) is 0 Å². The number of esters is 2. The standard InChI is InChI=1S/C55H96O10/c1-3-5-7-9-11-13-15-17-19-21-22-23-24-25-26-28-29-31-33-35-37-39-41-43-50(57)62-46-48(47-63-55-54(61)53(60)52(59)49(45-56)65-55)64-51(58)44-42-40-38-36-34-32-30-27-20-18-16-14-12-10-8-6-4-2/h18,20,28-30,32,35-38,48-49,52-56,59-61H,3-17,19,21-27,31,33-34,39-47H2,1-2H3/b20-18+,29-28+,32-30+,37-35+,38-36+/t48-,49-,52+,53?,54?,55-/m0/s1. The van der Waals surface area contributed by atoms with Crippen LogP contribution in [-0.4, -0.2) is 89.0 Å². The van der Waals surface area contributed by atoms with Gasteiger partial charge in [-0.2, -0.15) is 0 Å². The second-order valence-corrected chi connectivity index (χ2v) is 18.0. The van der Waals surface area contributed by atoms with Crippen LogP contribution in [0.15, 0.2) is 60.8 Å². The van der Waals surface area contributed by atoms with Gasteiger partial charge in [-0.25, -0.2) is 0 Å². The quantitative estimate of drug-likeness (QED) is 0.0264. The summed E-state index contributed by atoms with van der Waals surface area (Å²) in [6, 6.07) is 0. The number of carbonyl (C=O) groups excluding carboxylic acids is 2. The van der Waals surface area contributed by atoms with Gasteiger partial charge in [-0.05, 0) is 77.0 Å². The van der Waals surface area contributed by atoms with Crippen molar-refractivity contribution in [3.63, 3.8) is 0 Å². The van der Waals surface area contributed by atoms with Gasteiger partial charge >= 0.3 is 11.9 Å². The molecule has 1 fully saturated rings. The van der Waals surface area contributed by atoms with E-state index in [4.69, 9.17) is 18.9 Å². The second kappa shape index (κ2) is 45.2. The summed E-state index contributed by atoms with van der Waals surface area (Å²) in [6.45, 7) is 3.35. The zero-order valence-corrected chi connectivity index (χ0v) is 41.2. The Morgan fingerprint density at radius 1 is 0.477 bits per heavy atom. The fourth-order valence-electron chi connectivity index (χ4n) is 7.70. The highest BCUT2D eigenvalue weighted by atomic mass is 16.7. The van der Waals surface area contributed by atoms with Crippen LogP contribution in [0.1, 0.15) is 219 Å². The average molecular weight is 917 g/mol. The largest absolute Gasteiger partial charge is 0.462 e. The molecular weight excluding hydrogens is 821 g/mol. The van der Waals surface area contributed by atoms with E-state index >= 15 is 0 Å². The van der Waals surface area contributed by atoms with E-state index in [1.54, 1.807) is 0 Å². The van der Waals surface area contributed by atoms with Crippen LogP contribution in [-0.2, 0) is 28.5 Å². The molecule has 65 heavy (non-hydrogen) atoms. The van der Waals surface area contributed by atoms with Crippen molar-refractivity contribution in [3.8, 4) is 0 Å². The van der Waals surface area contributed by atoms with Gasteiger partial charge in [0.15, 0.2) is 12.4 Å². The van der Waals surface area contributed by atoms with Gasteiger partial charge in [-0.1, -0.05) is 190 Å². The van der Waals surface area contributed by atoms with E-state index in [2.05, 4.69) is 68.5 Å². The minimum atomic E-state index is -1.61. The van der Waals surface area contributed by atoms with E-state index in [0.29, 0.717) is 19.3 Å². The van der Waals surface area contributed by atoms with Crippen molar-refractivity contribution in [2.75, 3.05) is 19.8 Å². The number of aliphatic hydroxyl groups is 4. The fourth-order valence-corrected chi connectivity index (χ4v) is 7.70. The number of unbranched alkanes of at least 4 members (excludes halogenated alkanes) is 23. The Kier molecular flexibility index (Phi) is 42.0. The molecule has 0 aromatic heterocycles. The Morgan fingerprint density at radius 3 is 1.35 bits per heavy atom. The van der Waals surface area contributed by atoms with Crippen LogP contribution in [0.5, 0.6) is 0 Å². The predicted molar refractivity (Wildman–Crippen MR) is 265 cm³/mol. The van der Waals surface area contributed by atoms with Gasteiger partial charge < -0.3 is 39.4 Å². The zero-order valence-electron chi connectivity index (χ0n) is 41.2. The topological polar surface area (TPSA) is 152 Å². The lowest BCUT2D eigenvalue weighted by molar-refractivity contribution is -0.305. The highest BCUT2D eigenvalue weighted by Crippen LogP contribution is 2.23. The number of allylic oxidation sites excluding steroid dienone is 10. The molecule has 376 valence electrons. The Bertz CT molecular complexity index is 1240. The molecule has 10 heteroatoms. The molecule has 4 N–H and O–H groups in total. The first-order valence-electron chi connectivity index (χ1n) is 26.4. The summed E-state index contributed by atoms with van der Waals surface area (Å²) in [5, 5.41) is 40.2. The number of hydrogen-bond acceptors (Lipinski definition) is 10. The Morgan fingerprint density at radius 2 is 0.877 bits per heavy atom. The van der Waals surface area contributed by atoms with E-state index in [0.717, 1.165) is 44.9 Å². The van der Waals surface area contributed by atoms with Crippen LogP contribution < -0.4 is 0 Å². The van der Waals surface area contributed by atoms with E-state index in [1.165, 1.54) is 128 Å². The van der Waals surface area contributed by atoms with E-state index in [1.807, 2.05) is 6.08 Å². The van der Waals surface area contributed by atoms with Crippen molar-refractivity contribution >= 4 is 11.9 Å². The third-order valence-corrected chi connectivity index (χ3v) is 11.9. The minimum absolute atomic E-state index is 0.149. The van der Waals surface area contributed by atoms with Gasteiger partial charge in [0.2, 0.25) is 0 Å². The molecule has 0 bridgehead atoms. The number of aliphatic hydroxyl groups excluding tert-OH is 4. The Labute approximate surface area is 396 Å². The number of rotatable bonds is 44. The van der Waals surface area contributed by atoms with E-state index in [-0.39, 0.29) is 26.1 Å². The molecule has 0 aromatic rings. The smallest absolute Gasteiger partial charge is 0.306 e. The maximum atomic E-state index is 12.8. The third-order valence-electron chi connectivity index (χ3n) is 11.9. The lowest BCUT2D eigenvalue weighted by atomic mass is 9.99. The Balaban J connectivity index is 2.30. The van der Waals surface area contributed by atoms with Crippen LogP contribution in [0.4, 0.5) is 0 Å². The zero-order chi connectivity index (χ0) is 47.3. The highest BCUT2D eigenvalue weighted by molar-refractivity contribution is 5.70. The van der Waals surface area contributed by atoms with Crippen molar-refractivity contribution in [2.45, 2.75) is 256 Å². The molecule has 0 saturated carbocycles. The number of carbonyl (C=O) groups is 2. The maximum absolute atomic E-state index is 12.8.